The molecule has 0 aliphatic heterocycles. The lowest BCUT2D eigenvalue weighted by Crippen LogP contribution is -1.93. The third-order valence-corrected chi connectivity index (χ3v) is 3.11. The number of aromatic nitrogens is 1. The van der Waals surface area contributed by atoms with Gasteiger partial charge in [0.05, 0.1) is 5.56 Å². The van der Waals surface area contributed by atoms with Crippen molar-refractivity contribution in [2.45, 2.75) is 32.7 Å². The number of aryl methyl sites for hydroxylation is 1. The third kappa shape index (κ3) is 2.81. The number of benzene rings is 1. The van der Waals surface area contributed by atoms with Crippen molar-refractivity contribution in [2.24, 2.45) is 0 Å². The van der Waals surface area contributed by atoms with Crippen LogP contribution in [0.3, 0.4) is 0 Å². The molecule has 0 atom stereocenters. The number of hydrogen-bond donors (Lipinski definition) is 0. The first-order valence-electron chi connectivity index (χ1n) is 6.50. The Bertz CT molecular complexity index is 532. The summed E-state index contributed by atoms with van der Waals surface area (Å²) in [5, 5.41) is 9.20. The molecule has 1 aromatic carbocycles. The molecule has 0 spiro atoms. The van der Waals surface area contributed by atoms with E-state index < -0.39 is 0 Å². The van der Waals surface area contributed by atoms with Gasteiger partial charge in [-0.15, -0.1) is 0 Å². The van der Waals surface area contributed by atoms with Crippen molar-refractivity contribution < 1.29 is 0 Å². The van der Waals surface area contributed by atoms with Crippen molar-refractivity contribution in [1.82, 2.24) is 4.57 Å². The Morgan fingerprint density at radius 3 is 2.56 bits per heavy atom. The van der Waals surface area contributed by atoms with Crippen LogP contribution in [0.1, 0.15) is 31.7 Å². The van der Waals surface area contributed by atoms with Crippen molar-refractivity contribution in [3.63, 3.8) is 0 Å². The van der Waals surface area contributed by atoms with Gasteiger partial charge < -0.3 is 4.57 Å². The van der Waals surface area contributed by atoms with E-state index in [0.717, 1.165) is 23.2 Å². The van der Waals surface area contributed by atoms with Crippen LogP contribution in [0.4, 0.5) is 0 Å². The summed E-state index contributed by atoms with van der Waals surface area (Å²) < 4.78 is 2.14. The number of unbranched alkanes of at least 4 members (excludes halogenated alkanes) is 2. The van der Waals surface area contributed by atoms with E-state index in [2.05, 4.69) is 23.8 Å². The van der Waals surface area contributed by atoms with E-state index in [1.54, 1.807) is 0 Å². The average molecular weight is 238 g/mol. The van der Waals surface area contributed by atoms with E-state index in [4.69, 9.17) is 0 Å². The molecule has 0 saturated heterocycles. The normalized spacial score (nSPS) is 10.2. The van der Waals surface area contributed by atoms with Gasteiger partial charge in [-0.1, -0.05) is 50.1 Å². The molecule has 0 unspecified atom stereocenters. The van der Waals surface area contributed by atoms with Crippen LogP contribution in [0.25, 0.3) is 11.1 Å². The van der Waals surface area contributed by atoms with Gasteiger partial charge in [0.2, 0.25) is 0 Å². The van der Waals surface area contributed by atoms with E-state index in [1.807, 2.05) is 36.5 Å². The minimum absolute atomic E-state index is 0.762. The lowest BCUT2D eigenvalue weighted by molar-refractivity contribution is 0.604. The van der Waals surface area contributed by atoms with Crippen LogP contribution >= 0.6 is 0 Å². The predicted octanol–water partition coefficient (Wildman–Crippen LogP) is 4.22. The summed E-state index contributed by atoms with van der Waals surface area (Å²) >= 11 is 0. The summed E-state index contributed by atoms with van der Waals surface area (Å²) in [5.74, 6) is 0. The molecule has 0 aliphatic carbocycles. The van der Waals surface area contributed by atoms with Crippen molar-refractivity contribution >= 4 is 0 Å². The van der Waals surface area contributed by atoms with E-state index in [9.17, 15) is 5.26 Å². The minimum Gasteiger partial charge on any atom is -0.352 e. The Morgan fingerprint density at radius 1 is 1.11 bits per heavy atom. The van der Waals surface area contributed by atoms with E-state index in [1.165, 1.54) is 19.3 Å². The molecule has 2 aromatic rings. The standard InChI is InChI=1S/C16H18N2/c1-2-3-7-10-18-12-15(11-17)16(13-18)14-8-5-4-6-9-14/h4-6,8-9,12-13H,2-3,7,10H2,1H3. The second-order valence-electron chi connectivity index (χ2n) is 4.51. The minimum atomic E-state index is 0.762. The fourth-order valence-electron chi connectivity index (χ4n) is 2.12. The monoisotopic (exact) mass is 238 g/mol. The average Bonchev–Trinajstić information content (AvgIpc) is 2.83. The quantitative estimate of drug-likeness (QED) is 0.717. The molecule has 2 rings (SSSR count). The summed E-state index contributed by atoms with van der Waals surface area (Å²) in [6.45, 7) is 3.20. The van der Waals surface area contributed by atoms with Crippen LogP contribution in [0.2, 0.25) is 0 Å². The second kappa shape index (κ2) is 6.07. The van der Waals surface area contributed by atoms with E-state index in [0.29, 0.717) is 0 Å². The molecule has 18 heavy (non-hydrogen) atoms. The molecule has 0 aliphatic rings. The Morgan fingerprint density at radius 2 is 1.89 bits per heavy atom. The van der Waals surface area contributed by atoms with Crippen molar-refractivity contribution in [3.05, 3.63) is 48.3 Å². The third-order valence-electron chi connectivity index (χ3n) is 3.11. The zero-order valence-corrected chi connectivity index (χ0v) is 10.8. The topological polar surface area (TPSA) is 28.7 Å². The number of hydrogen-bond acceptors (Lipinski definition) is 1. The maximum absolute atomic E-state index is 9.20. The molecule has 0 radical (unpaired) electrons. The van der Waals surface area contributed by atoms with Gasteiger partial charge in [-0.3, -0.25) is 0 Å². The maximum Gasteiger partial charge on any atom is 0.101 e. The molecule has 2 heteroatoms. The van der Waals surface area contributed by atoms with Crippen LogP contribution in [0.15, 0.2) is 42.7 Å². The summed E-state index contributed by atoms with van der Waals surface area (Å²) in [4.78, 5) is 0. The van der Waals surface area contributed by atoms with Gasteiger partial charge in [0.25, 0.3) is 0 Å². The Hall–Kier alpha value is -2.01. The Kier molecular flexibility index (Phi) is 4.20. The molecule has 92 valence electrons. The van der Waals surface area contributed by atoms with Crippen molar-refractivity contribution in [2.75, 3.05) is 0 Å². The van der Waals surface area contributed by atoms with Gasteiger partial charge in [-0.25, -0.2) is 0 Å². The molecule has 0 saturated carbocycles. The SMILES string of the molecule is CCCCCn1cc(C#N)c(-c2ccccc2)c1. The van der Waals surface area contributed by atoms with Crippen LogP contribution in [0.5, 0.6) is 0 Å². The molecular weight excluding hydrogens is 220 g/mol. The number of nitriles is 1. The first-order chi connectivity index (χ1) is 8.85. The summed E-state index contributed by atoms with van der Waals surface area (Å²) in [5.41, 5.74) is 2.91. The summed E-state index contributed by atoms with van der Waals surface area (Å²) in [7, 11) is 0. The van der Waals surface area contributed by atoms with Crippen LogP contribution in [0, 0.1) is 11.3 Å². The zero-order chi connectivity index (χ0) is 12.8. The summed E-state index contributed by atoms with van der Waals surface area (Å²) in [6.07, 6.45) is 7.67. The first-order valence-corrected chi connectivity index (χ1v) is 6.50. The molecule has 0 fully saturated rings. The molecular formula is C16H18N2. The largest absolute Gasteiger partial charge is 0.352 e. The lowest BCUT2D eigenvalue weighted by atomic mass is 10.1. The van der Waals surface area contributed by atoms with Gasteiger partial charge in [-0.2, -0.15) is 5.26 Å². The maximum atomic E-state index is 9.20. The number of nitrogens with zero attached hydrogens (tertiary/aromatic N) is 2. The molecule has 0 amide bonds. The van der Waals surface area contributed by atoms with Gasteiger partial charge in [0, 0.05) is 24.5 Å². The predicted molar refractivity (Wildman–Crippen MR) is 74.1 cm³/mol. The molecule has 1 aromatic heterocycles. The van der Waals surface area contributed by atoms with Crippen molar-refractivity contribution in [3.8, 4) is 17.2 Å². The highest BCUT2D eigenvalue weighted by molar-refractivity contribution is 5.69. The van der Waals surface area contributed by atoms with E-state index >= 15 is 0 Å². The van der Waals surface area contributed by atoms with Gasteiger partial charge in [-0.05, 0) is 12.0 Å². The molecule has 1 heterocycles. The van der Waals surface area contributed by atoms with E-state index in [-0.39, 0.29) is 0 Å². The smallest absolute Gasteiger partial charge is 0.101 e. The second-order valence-corrected chi connectivity index (χ2v) is 4.51. The number of rotatable bonds is 5. The lowest BCUT2D eigenvalue weighted by Gasteiger charge is -2.01. The van der Waals surface area contributed by atoms with Gasteiger partial charge in [0.1, 0.15) is 6.07 Å². The van der Waals surface area contributed by atoms with Gasteiger partial charge in [0.15, 0.2) is 0 Å². The zero-order valence-electron chi connectivity index (χ0n) is 10.8. The van der Waals surface area contributed by atoms with Gasteiger partial charge >= 0.3 is 0 Å². The molecule has 0 N–H and O–H groups in total. The first kappa shape index (κ1) is 12.4. The Labute approximate surface area is 108 Å². The highest BCUT2D eigenvalue weighted by Gasteiger charge is 2.07. The van der Waals surface area contributed by atoms with Crippen LogP contribution < -0.4 is 0 Å². The van der Waals surface area contributed by atoms with Crippen LogP contribution in [-0.4, -0.2) is 4.57 Å². The molecule has 0 bridgehead atoms. The highest BCUT2D eigenvalue weighted by Crippen LogP contribution is 2.24. The Balaban J connectivity index is 2.23. The van der Waals surface area contributed by atoms with Crippen LogP contribution in [-0.2, 0) is 6.54 Å². The fraction of sp³-hybridized carbons (Fsp3) is 0.312. The summed E-state index contributed by atoms with van der Waals surface area (Å²) in [6, 6.07) is 12.4. The van der Waals surface area contributed by atoms with Crippen molar-refractivity contribution in [1.29, 1.82) is 5.26 Å². The highest BCUT2D eigenvalue weighted by atomic mass is 14.9. The fourth-order valence-corrected chi connectivity index (χ4v) is 2.12. The molecule has 2 nitrogen and oxygen atoms in total.